The average molecular weight is 327 g/mol. The Kier molecular flexibility index (Phi) is 5.28. The Hall–Kier alpha value is -1.34. The van der Waals surface area contributed by atoms with Crippen molar-refractivity contribution < 1.29 is 14.3 Å². The van der Waals surface area contributed by atoms with Crippen molar-refractivity contribution in [1.82, 2.24) is 15.6 Å². The maximum absolute atomic E-state index is 13.8. The zero-order chi connectivity index (χ0) is 16.2. The van der Waals surface area contributed by atoms with E-state index >= 15 is 0 Å². The third-order valence-electron chi connectivity index (χ3n) is 3.88. The predicted octanol–water partition coefficient (Wildman–Crippen LogP) is 1.67. The highest BCUT2D eigenvalue weighted by Crippen LogP contribution is 2.27. The molecule has 0 aliphatic carbocycles. The second-order valence-corrected chi connectivity index (χ2v) is 7.37. The Balaban J connectivity index is 1.94. The van der Waals surface area contributed by atoms with E-state index < -0.39 is 11.0 Å². The molecule has 2 heterocycles. The highest BCUT2D eigenvalue weighted by molar-refractivity contribution is 7.99. The molecule has 5 nitrogen and oxygen atoms in total. The zero-order valence-electron chi connectivity index (χ0n) is 12.9. The summed E-state index contributed by atoms with van der Waals surface area (Å²) in [4.78, 5) is 16.1. The molecule has 1 saturated heterocycles. The molecule has 3 N–H and O–H groups in total. The number of carbonyl (C=O) groups is 1. The number of halogens is 1. The number of aliphatic hydroxyl groups is 1. The standard InChI is InChI=1S/C15H22FN3O2S/c1-14(2,12-11(16)4-3-6-17-12)8-18-13(21)19-15(9-20)5-7-22-10-15/h3-4,6,20H,5,7-10H2,1-2H3,(H2,18,19,21). The summed E-state index contributed by atoms with van der Waals surface area (Å²) in [6, 6.07) is 2.55. The number of carbonyl (C=O) groups excluding carboxylic acids is 1. The largest absolute Gasteiger partial charge is 0.394 e. The first-order valence-electron chi connectivity index (χ1n) is 7.24. The Bertz CT molecular complexity index is 533. The molecule has 1 aromatic rings. The fourth-order valence-corrected chi connectivity index (χ4v) is 3.80. The minimum Gasteiger partial charge on any atom is -0.394 e. The molecule has 1 aromatic heterocycles. The Morgan fingerprint density at radius 1 is 1.59 bits per heavy atom. The summed E-state index contributed by atoms with van der Waals surface area (Å²) in [7, 11) is 0. The van der Waals surface area contributed by atoms with E-state index in [1.54, 1.807) is 11.8 Å². The van der Waals surface area contributed by atoms with Crippen LogP contribution in [0.4, 0.5) is 9.18 Å². The SMILES string of the molecule is CC(C)(CNC(=O)NC1(CO)CCSC1)c1ncccc1F. The van der Waals surface area contributed by atoms with Gasteiger partial charge in [0.25, 0.3) is 0 Å². The van der Waals surface area contributed by atoms with Crippen LogP contribution in [0.1, 0.15) is 26.0 Å². The number of urea groups is 1. The van der Waals surface area contributed by atoms with Crippen LogP contribution < -0.4 is 10.6 Å². The molecule has 0 spiro atoms. The lowest BCUT2D eigenvalue weighted by Gasteiger charge is -2.29. The molecular weight excluding hydrogens is 305 g/mol. The fraction of sp³-hybridized carbons (Fsp3) is 0.600. The van der Waals surface area contributed by atoms with Crippen molar-refractivity contribution >= 4 is 17.8 Å². The Labute approximate surface area is 134 Å². The minimum absolute atomic E-state index is 0.0777. The van der Waals surface area contributed by atoms with Crippen molar-refractivity contribution in [3.63, 3.8) is 0 Å². The van der Waals surface area contributed by atoms with Crippen LogP contribution in [-0.4, -0.2) is 46.3 Å². The lowest BCUT2D eigenvalue weighted by Crippen LogP contribution is -2.56. The topological polar surface area (TPSA) is 74.2 Å². The molecule has 22 heavy (non-hydrogen) atoms. The number of pyridine rings is 1. The van der Waals surface area contributed by atoms with Crippen molar-refractivity contribution in [1.29, 1.82) is 0 Å². The van der Waals surface area contributed by atoms with E-state index in [0.717, 1.165) is 12.2 Å². The molecular formula is C15H22FN3O2S. The molecule has 1 unspecified atom stereocenters. The third-order valence-corrected chi connectivity index (χ3v) is 5.12. The van der Waals surface area contributed by atoms with Gasteiger partial charge in [0.2, 0.25) is 0 Å². The Morgan fingerprint density at radius 2 is 2.36 bits per heavy atom. The van der Waals surface area contributed by atoms with Gasteiger partial charge in [-0.05, 0) is 24.3 Å². The molecule has 0 aromatic carbocycles. The van der Waals surface area contributed by atoms with Crippen molar-refractivity contribution in [3.8, 4) is 0 Å². The first kappa shape index (κ1) is 17.0. The third kappa shape index (κ3) is 3.89. The van der Waals surface area contributed by atoms with E-state index in [-0.39, 0.29) is 25.0 Å². The molecule has 2 rings (SSSR count). The molecule has 0 saturated carbocycles. The van der Waals surface area contributed by atoms with Crippen molar-refractivity contribution in [2.24, 2.45) is 0 Å². The second kappa shape index (κ2) is 6.83. The first-order chi connectivity index (χ1) is 10.4. The van der Waals surface area contributed by atoms with Gasteiger partial charge in [-0.3, -0.25) is 4.98 Å². The minimum atomic E-state index is -0.626. The average Bonchev–Trinajstić information content (AvgIpc) is 2.95. The number of thioether (sulfide) groups is 1. The summed E-state index contributed by atoms with van der Waals surface area (Å²) in [6.45, 7) is 3.82. The number of aromatic nitrogens is 1. The van der Waals surface area contributed by atoms with Crippen LogP contribution in [-0.2, 0) is 5.41 Å². The highest BCUT2D eigenvalue weighted by atomic mass is 32.2. The van der Waals surface area contributed by atoms with Gasteiger partial charge in [0.05, 0.1) is 17.8 Å². The van der Waals surface area contributed by atoms with Crippen molar-refractivity contribution in [2.45, 2.75) is 31.2 Å². The molecule has 1 atom stereocenters. The summed E-state index contributed by atoms with van der Waals surface area (Å²) in [5, 5.41) is 15.1. The van der Waals surface area contributed by atoms with Crippen LogP contribution in [0.5, 0.6) is 0 Å². The van der Waals surface area contributed by atoms with E-state index in [0.29, 0.717) is 11.4 Å². The molecule has 122 valence electrons. The number of hydrogen-bond acceptors (Lipinski definition) is 4. The van der Waals surface area contributed by atoms with Gasteiger partial charge in [0.15, 0.2) is 0 Å². The maximum Gasteiger partial charge on any atom is 0.315 e. The van der Waals surface area contributed by atoms with Crippen molar-refractivity contribution in [3.05, 3.63) is 29.8 Å². The molecule has 2 amide bonds. The number of amides is 2. The van der Waals surface area contributed by atoms with E-state index in [2.05, 4.69) is 15.6 Å². The van der Waals surface area contributed by atoms with Crippen LogP contribution in [0.25, 0.3) is 0 Å². The molecule has 1 aliphatic rings. The number of nitrogens with zero attached hydrogens (tertiary/aromatic N) is 1. The van der Waals surface area contributed by atoms with E-state index in [1.165, 1.54) is 18.3 Å². The lowest BCUT2D eigenvalue weighted by molar-refractivity contribution is 0.174. The Morgan fingerprint density at radius 3 is 2.95 bits per heavy atom. The normalized spacial score (nSPS) is 21.6. The van der Waals surface area contributed by atoms with E-state index in [9.17, 15) is 14.3 Å². The molecule has 0 bridgehead atoms. The maximum atomic E-state index is 13.8. The van der Waals surface area contributed by atoms with Crippen LogP contribution in [0.3, 0.4) is 0 Å². The summed E-state index contributed by atoms with van der Waals surface area (Å²) in [5.74, 6) is 1.24. The van der Waals surface area contributed by atoms with Gasteiger partial charge in [0, 0.05) is 23.9 Å². The summed E-state index contributed by atoms with van der Waals surface area (Å²) < 4.78 is 13.8. The van der Waals surface area contributed by atoms with Gasteiger partial charge in [0.1, 0.15) is 5.82 Å². The summed E-state index contributed by atoms with van der Waals surface area (Å²) >= 11 is 1.71. The van der Waals surface area contributed by atoms with E-state index in [4.69, 9.17) is 0 Å². The first-order valence-corrected chi connectivity index (χ1v) is 8.40. The summed E-state index contributed by atoms with van der Waals surface area (Å²) in [5.41, 5.74) is -0.849. The quantitative estimate of drug-likeness (QED) is 0.769. The van der Waals surface area contributed by atoms with Gasteiger partial charge in [-0.2, -0.15) is 11.8 Å². The predicted molar refractivity (Wildman–Crippen MR) is 85.5 cm³/mol. The van der Waals surface area contributed by atoms with Crippen LogP contribution >= 0.6 is 11.8 Å². The second-order valence-electron chi connectivity index (χ2n) is 6.27. The van der Waals surface area contributed by atoms with E-state index in [1.807, 2.05) is 13.8 Å². The van der Waals surface area contributed by atoms with Gasteiger partial charge in [-0.25, -0.2) is 9.18 Å². The fourth-order valence-electron chi connectivity index (χ4n) is 2.42. The molecule has 1 aliphatic heterocycles. The van der Waals surface area contributed by atoms with Crippen LogP contribution in [0, 0.1) is 5.82 Å². The van der Waals surface area contributed by atoms with Crippen LogP contribution in [0.15, 0.2) is 18.3 Å². The number of hydrogen-bond donors (Lipinski definition) is 3. The monoisotopic (exact) mass is 327 g/mol. The summed E-state index contributed by atoms with van der Waals surface area (Å²) in [6.07, 6.45) is 2.29. The van der Waals surface area contributed by atoms with Gasteiger partial charge in [-0.1, -0.05) is 13.8 Å². The van der Waals surface area contributed by atoms with Crippen LogP contribution in [0.2, 0.25) is 0 Å². The smallest absolute Gasteiger partial charge is 0.315 e. The number of aliphatic hydroxyl groups excluding tert-OH is 1. The number of nitrogens with one attached hydrogen (secondary N) is 2. The highest BCUT2D eigenvalue weighted by Gasteiger charge is 2.35. The number of rotatable bonds is 5. The molecule has 0 radical (unpaired) electrons. The lowest BCUT2D eigenvalue weighted by atomic mass is 9.88. The molecule has 1 fully saturated rings. The van der Waals surface area contributed by atoms with Gasteiger partial charge in [-0.15, -0.1) is 0 Å². The molecule has 7 heteroatoms. The van der Waals surface area contributed by atoms with Crippen molar-refractivity contribution in [2.75, 3.05) is 24.7 Å². The zero-order valence-corrected chi connectivity index (χ0v) is 13.7. The van der Waals surface area contributed by atoms with Gasteiger partial charge < -0.3 is 15.7 Å². The van der Waals surface area contributed by atoms with Gasteiger partial charge >= 0.3 is 6.03 Å².